The van der Waals surface area contributed by atoms with Gasteiger partial charge in [-0.2, -0.15) is 0 Å². The van der Waals surface area contributed by atoms with Crippen LogP contribution in [0.15, 0.2) is 12.1 Å². The van der Waals surface area contributed by atoms with E-state index in [4.69, 9.17) is 26.2 Å². The number of benzene rings is 1. The third-order valence-corrected chi connectivity index (χ3v) is 3.86. The highest BCUT2D eigenvalue weighted by molar-refractivity contribution is 6.32. The third-order valence-electron chi connectivity index (χ3n) is 3.57. The Kier molecular flexibility index (Phi) is 4.76. The summed E-state index contributed by atoms with van der Waals surface area (Å²) >= 11 is 6.18. The zero-order chi connectivity index (χ0) is 14.7. The van der Waals surface area contributed by atoms with Crippen molar-refractivity contribution >= 4 is 17.6 Å². The van der Waals surface area contributed by atoms with Gasteiger partial charge in [0.05, 0.1) is 25.2 Å². The minimum absolute atomic E-state index is 0.0440. The van der Waals surface area contributed by atoms with Crippen LogP contribution in [0.1, 0.15) is 37.7 Å². The van der Waals surface area contributed by atoms with E-state index < -0.39 is 5.97 Å². The van der Waals surface area contributed by atoms with E-state index in [9.17, 15) is 4.79 Å². The number of methoxy groups -OCH3 is 1. The Balaban J connectivity index is 2.40. The van der Waals surface area contributed by atoms with E-state index in [0.29, 0.717) is 29.0 Å². The standard InChI is InChI=1S/C15H19ClO4/c1-3-20-13-8-14(19-2)12(16)6-11(13)10(7-15(17)18)9-4-5-9/h6,8-10H,3-5,7H2,1-2H3,(H,17,18). The molecule has 5 heteroatoms. The fourth-order valence-electron chi connectivity index (χ4n) is 2.49. The lowest BCUT2D eigenvalue weighted by molar-refractivity contribution is -0.137. The maximum absolute atomic E-state index is 11.1. The van der Waals surface area contributed by atoms with E-state index in [1.807, 2.05) is 6.92 Å². The van der Waals surface area contributed by atoms with Crippen molar-refractivity contribution in [3.8, 4) is 11.5 Å². The molecule has 2 rings (SSSR count). The summed E-state index contributed by atoms with van der Waals surface area (Å²) in [5.74, 6) is 0.791. The number of aliphatic carboxylic acids is 1. The first-order valence-corrected chi connectivity index (χ1v) is 7.16. The van der Waals surface area contributed by atoms with Crippen molar-refractivity contribution in [3.05, 3.63) is 22.7 Å². The summed E-state index contributed by atoms with van der Waals surface area (Å²) in [4.78, 5) is 11.1. The molecule has 0 radical (unpaired) electrons. The minimum atomic E-state index is -0.795. The molecule has 1 fully saturated rings. The van der Waals surface area contributed by atoms with Crippen LogP contribution in [0, 0.1) is 5.92 Å². The average molecular weight is 299 g/mol. The lowest BCUT2D eigenvalue weighted by Gasteiger charge is -2.20. The molecule has 1 aromatic carbocycles. The van der Waals surface area contributed by atoms with Crippen LogP contribution in [0.5, 0.6) is 11.5 Å². The van der Waals surface area contributed by atoms with Gasteiger partial charge in [-0.05, 0) is 37.3 Å². The monoisotopic (exact) mass is 298 g/mol. The summed E-state index contributed by atoms with van der Waals surface area (Å²) in [5, 5.41) is 9.60. The highest BCUT2D eigenvalue weighted by Crippen LogP contribution is 2.48. The number of carbonyl (C=O) groups is 1. The third kappa shape index (κ3) is 3.37. The number of hydrogen-bond acceptors (Lipinski definition) is 3. The minimum Gasteiger partial charge on any atom is -0.495 e. The molecule has 0 saturated heterocycles. The molecule has 1 atom stereocenters. The zero-order valence-corrected chi connectivity index (χ0v) is 12.4. The Labute approximate surface area is 123 Å². The molecule has 0 amide bonds. The van der Waals surface area contributed by atoms with Gasteiger partial charge >= 0.3 is 5.97 Å². The largest absolute Gasteiger partial charge is 0.495 e. The van der Waals surface area contributed by atoms with Gasteiger partial charge < -0.3 is 14.6 Å². The number of ether oxygens (including phenoxy) is 2. The second kappa shape index (κ2) is 6.35. The SMILES string of the molecule is CCOc1cc(OC)c(Cl)cc1C(CC(=O)O)C1CC1. The van der Waals surface area contributed by atoms with Gasteiger partial charge in [-0.1, -0.05) is 11.6 Å². The summed E-state index contributed by atoms with van der Waals surface area (Å²) in [7, 11) is 1.55. The molecular weight excluding hydrogens is 280 g/mol. The Hall–Kier alpha value is -1.42. The molecule has 4 nitrogen and oxygen atoms in total. The van der Waals surface area contributed by atoms with Crippen LogP contribution in [-0.2, 0) is 4.79 Å². The van der Waals surface area contributed by atoms with Gasteiger partial charge in [-0.3, -0.25) is 4.79 Å². The van der Waals surface area contributed by atoms with Crippen LogP contribution in [-0.4, -0.2) is 24.8 Å². The van der Waals surface area contributed by atoms with Gasteiger partial charge in [0.2, 0.25) is 0 Å². The van der Waals surface area contributed by atoms with E-state index in [1.54, 1.807) is 19.2 Å². The predicted octanol–water partition coefficient (Wildman–Crippen LogP) is 3.72. The van der Waals surface area contributed by atoms with E-state index in [0.717, 1.165) is 18.4 Å². The van der Waals surface area contributed by atoms with Gasteiger partial charge in [0.15, 0.2) is 0 Å². The molecule has 0 heterocycles. The molecule has 0 spiro atoms. The van der Waals surface area contributed by atoms with E-state index in [2.05, 4.69) is 0 Å². The number of carboxylic acid groups (broad SMARTS) is 1. The molecule has 1 N–H and O–H groups in total. The highest BCUT2D eigenvalue weighted by Gasteiger charge is 2.35. The van der Waals surface area contributed by atoms with Crippen molar-refractivity contribution in [1.82, 2.24) is 0 Å². The number of rotatable bonds is 7. The second-order valence-corrected chi connectivity index (χ2v) is 5.41. The number of halogens is 1. The van der Waals surface area contributed by atoms with Crippen molar-refractivity contribution in [3.63, 3.8) is 0 Å². The lowest BCUT2D eigenvalue weighted by Crippen LogP contribution is -2.10. The molecule has 1 saturated carbocycles. The van der Waals surface area contributed by atoms with Crippen molar-refractivity contribution < 1.29 is 19.4 Å². The molecule has 1 aliphatic carbocycles. The van der Waals surface area contributed by atoms with Gasteiger partial charge in [-0.25, -0.2) is 0 Å². The highest BCUT2D eigenvalue weighted by atomic mass is 35.5. The summed E-state index contributed by atoms with van der Waals surface area (Å²) < 4.78 is 10.8. The molecule has 0 bridgehead atoms. The van der Waals surface area contributed by atoms with E-state index >= 15 is 0 Å². The van der Waals surface area contributed by atoms with Gasteiger partial charge in [-0.15, -0.1) is 0 Å². The fraction of sp³-hybridized carbons (Fsp3) is 0.533. The van der Waals surface area contributed by atoms with E-state index in [-0.39, 0.29) is 12.3 Å². The van der Waals surface area contributed by atoms with Crippen molar-refractivity contribution in [2.45, 2.75) is 32.1 Å². The molecule has 110 valence electrons. The molecule has 1 aliphatic rings. The summed E-state index contributed by atoms with van der Waals surface area (Å²) in [6, 6.07) is 3.54. The number of hydrogen-bond donors (Lipinski definition) is 1. The molecule has 1 unspecified atom stereocenters. The Morgan fingerprint density at radius 3 is 2.65 bits per heavy atom. The maximum Gasteiger partial charge on any atom is 0.303 e. The van der Waals surface area contributed by atoms with E-state index in [1.165, 1.54) is 0 Å². The smallest absolute Gasteiger partial charge is 0.303 e. The topological polar surface area (TPSA) is 55.8 Å². The predicted molar refractivity (Wildman–Crippen MR) is 76.9 cm³/mol. The van der Waals surface area contributed by atoms with Gasteiger partial charge in [0.25, 0.3) is 0 Å². The molecule has 0 aromatic heterocycles. The molecule has 0 aliphatic heterocycles. The van der Waals surface area contributed by atoms with Gasteiger partial charge in [0.1, 0.15) is 11.5 Å². The lowest BCUT2D eigenvalue weighted by atomic mass is 9.90. The molecule has 20 heavy (non-hydrogen) atoms. The van der Waals surface area contributed by atoms with Crippen LogP contribution in [0.3, 0.4) is 0 Å². The first kappa shape index (κ1) is 15.0. The first-order valence-electron chi connectivity index (χ1n) is 6.78. The normalized spacial score (nSPS) is 15.8. The molecular formula is C15H19ClO4. The summed E-state index contributed by atoms with van der Waals surface area (Å²) in [5.41, 5.74) is 0.877. The Bertz CT molecular complexity index is 497. The van der Waals surface area contributed by atoms with Crippen LogP contribution < -0.4 is 9.47 Å². The summed E-state index contributed by atoms with van der Waals surface area (Å²) in [6.45, 7) is 2.41. The van der Waals surface area contributed by atoms with Crippen LogP contribution >= 0.6 is 11.6 Å². The Morgan fingerprint density at radius 1 is 1.45 bits per heavy atom. The first-order chi connectivity index (χ1) is 9.56. The quantitative estimate of drug-likeness (QED) is 0.833. The fourth-order valence-corrected chi connectivity index (χ4v) is 2.74. The Morgan fingerprint density at radius 2 is 2.15 bits per heavy atom. The summed E-state index contributed by atoms with van der Waals surface area (Å²) in [6.07, 6.45) is 2.23. The van der Waals surface area contributed by atoms with Crippen LogP contribution in [0.4, 0.5) is 0 Å². The maximum atomic E-state index is 11.1. The average Bonchev–Trinajstić information content (AvgIpc) is 3.22. The van der Waals surface area contributed by atoms with Crippen molar-refractivity contribution in [2.75, 3.05) is 13.7 Å². The number of carboxylic acids is 1. The van der Waals surface area contributed by atoms with Gasteiger partial charge in [0, 0.05) is 12.0 Å². The van der Waals surface area contributed by atoms with Crippen molar-refractivity contribution in [2.24, 2.45) is 5.92 Å². The van der Waals surface area contributed by atoms with Crippen molar-refractivity contribution in [1.29, 1.82) is 0 Å². The zero-order valence-electron chi connectivity index (χ0n) is 11.7. The second-order valence-electron chi connectivity index (χ2n) is 5.00. The van der Waals surface area contributed by atoms with Crippen LogP contribution in [0.25, 0.3) is 0 Å². The molecule has 1 aromatic rings. The van der Waals surface area contributed by atoms with Crippen LogP contribution in [0.2, 0.25) is 5.02 Å².